The zero-order valence-electron chi connectivity index (χ0n) is 11.7. The van der Waals surface area contributed by atoms with Crippen LogP contribution in [0, 0.1) is 5.41 Å². The molecular weight excluding hydrogens is 306 g/mol. The predicted octanol–water partition coefficient (Wildman–Crippen LogP) is 3.02. The van der Waals surface area contributed by atoms with Crippen molar-refractivity contribution in [3.63, 3.8) is 0 Å². The monoisotopic (exact) mass is 327 g/mol. The zero-order chi connectivity index (χ0) is 13.7. The molecule has 4 heteroatoms. The predicted molar refractivity (Wildman–Crippen MR) is 80.8 cm³/mol. The summed E-state index contributed by atoms with van der Waals surface area (Å²) in [4.78, 5) is 0. The maximum absolute atomic E-state index is 5.51. The van der Waals surface area contributed by atoms with Crippen molar-refractivity contribution >= 4 is 15.9 Å². The topological polar surface area (TPSA) is 30.5 Å². The molecule has 2 rings (SSSR count). The molecule has 0 radical (unpaired) electrons. The average molecular weight is 328 g/mol. The van der Waals surface area contributed by atoms with E-state index in [1.54, 1.807) is 7.11 Å². The molecule has 1 aliphatic rings. The molecule has 0 unspecified atom stereocenters. The molecule has 0 amide bonds. The summed E-state index contributed by atoms with van der Waals surface area (Å²) in [5.41, 5.74) is 1.67. The first-order valence-electron chi connectivity index (χ1n) is 6.74. The van der Waals surface area contributed by atoms with E-state index in [2.05, 4.69) is 33.4 Å². The fourth-order valence-electron chi connectivity index (χ4n) is 2.85. The van der Waals surface area contributed by atoms with E-state index in [-0.39, 0.29) is 0 Å². The zero-order valence-corrected chi connectivity index (χ0v) is 13.3. The molecule has 0 atom stereocenters. The van der Waals surface area contributed by atoms with Crippen LogP contribution in [0.5, 0.6) is 5.75 Å². The number of benzene rings is 1. The number of halogens is 1. The van der Waals surface area contributed by atoms with E-state index < -0.39 is 0 Å². The van der Waals surface area contributed by atoms with Crippen molar-refractivity contribution in [2.24, 2.45) is 5.41 Å². The van der Waals surface area contributed by atoms with Crippen molar-refractivity contribution in [3.8, 4) is 5.75 Å². The van der Waals surface area contributed by atoms with E-state index in [1.165, 1.54) is 5.56 Å². The summed E-state index contributed by atoms with van der Waals surface area (Å²) in [5.74, 6) is 0.887. The first kappa shape index (κ1) is 14.8. The molecule has 1 saturated heterocycles. The standard InChI is InChI=1S/C15H22BrNO2/c1-17-11-15(5-7-19-8-6-15)10-12-3-4-14(18-2)13(16)9-12/h3-4,9,17H,5-8,10-11H2,1-2H3. The number of hydrogen-bond donors (Lipinski definition) is 1. The van der Waals surface area contributed by atoms with Crippen LogP contribution in [0.1, 0.15) is 18.4 Å². The van der Waals surface area contributed by atoms with Gasteiger partial charge in [-0.1, -0.05) is 6.07 Å². The van der Waals surface area contributed by atoms with Crippen molar-refractivity contribution in [1.29, 1.82) is 0 Å². The van der Waals surface area contributed by atoms with Gasteiger partial charge in [-0.2, -0.15) is 0 Å². The van der Waals surface area contributed by atoms with Gasteiger partial charge in [-0.3, -0.25) is 0 Å². The highest BCUT2D eigenvalue weighted by Crippen LogP contribution is 2.35. The van der Waals surface area contributed by atoms with Gasteiger partial charge in [0.1, 0.15) is 5.75 Å². The Labute approximate surface area is 123 Å². The number of methoxy groups -OCH3 is 1. The van der Waals surface area contributed by atoms with Gasteiger partial charge in [-0.15, -0.1) is 0 Å². The van der Waals surface area contributed by atoms with Crippen molar-refractivity contribution < 1.29 is 9.47 Å². The van der Waals surface area contributed by atoms with Crippen LogP contribution in [0.15, 0.2) is 22.7 Å². The van der Waals surface area contributed by atoms with Crippen LogP contribution in [0.3, 0.4) is 0 Å². The van der Waals surface area contributed by atoms with Gasteiger partial charge in [0.25, 0.3) is 0 Å². The Morgan fingerprint density at radius 3 is 2.68 bits per heavy atom. The van der Waals surface area contributed by atoms with Crippen LogP contribution < -0.4 is 10.1 Å². The van der Waals surface area contributed by atoms with E-state index in [4.69, 9.17) is 9.47 Å². The summed E-state index contributed by atoms with van der Waals surface area (Å²) in [6.07, 6.45) is 3.33. The minimum Gasteiger partial charge on any atom is -0.496 e. The summed E-state index contributed by atoms with van der Waals surface area (Å²) >= 11 is 3.56. The molecule has 0 aromatic heterocycles. The lowest BCUT2D eigenvalue weighted by atomic mass is 9.75. The van der Waals surface area contributed by atoms with Gasteiger partial charge in [-0.25, -0.2) is 0 Å². The Bertz CT molecular complexity index is 411. The number of rotatable bonds is 5. The second-order valence-corrected chi connectivity index (χ2v) is 6.14. The number of ether oxygens (including phenoxy) is 2. The Balaban J connectivity index is 2.14. The Kier molecular flexibility index (Phi) is 5.25. The third-order valence-electron chi connectivity index (χ3n) is 3.90. The van der Waals surface area contributed by atoms with Crippen molar-refractivity contribution in [3.05, 3.63) is 28.2 Å². The summed E-state index contributed by atoms with van der Waals surface area (Å²) in [5, 5.41) is 3.34. The smallest absolute Gasteiger partial charge is 0.133 e. The molecular formula is C15H22BrNO2. The summed E-state index contributed by atoms with van der Waals surface area (Å²) in [7, 11) is 3.72. The second kappa shape index (κ2) is 6.73. The van der Waals surface area contributed by atoms with E-state index in [1.807, 2.05) is 13.1 Å². The van der Waals surface area contributed by atoms with E-state index in [0.717, 1.165) is 49.2 Å². The molecule has 1 aliphatic heterocycles. The highest BCUT2D eigenvalue weighted by molar-refractivity contribution is 9.10. The first-order valence-corrected chi connectivity index (χ1v) is 7.53. The SMILES string of the molecule is CNCC1(Cc2ccc(OC)c(Br)c2)CCOCC1. The quantitative estimate of drug-likeness (QED) is 0.901. The molecule has 106 valence electrons. The molecule has 0 saturated carbocycles. The molecule has 1 aromatic carbocycles. The van der Waals surface area contributed by atoms with Gasteiger partial charge in [0.2, 0.25) is 0 Å². The average Bonchev–Trinajstić information content (AvgIpc) is 2.40. The molecule has 0 spiro atoms. The Morgan fingerprint density at radius 2 is 2.11 bits per heavy atom. The Morgan fingerprint density at radius 1 is 1.37 bits per heavy atom. The van der Waals surface area contributed by atoms with Crippen molar-refractivity contribution in [2.45, 2.75) is 19.3 Å². The summed E-state index contributed by atoms with van der Waals surface area (Å²) in [6, 6.07) is 6.37. The number of hydrogen-bond acceptors (Lipinski definition) is 3. The Hall–Kier alpha value is -0.580. The van der Waals surface area contributed by atoms with Gasteiger partial charge >= 0.3 is 0 Å². The molecule has 0 aliphatic carbocycles. The molecule has 1 fully saturated rings. The van der Waals surface area contributed by atoms with Gasteiger partial charge < -0.3 is 14.8 Å². The minimum atomic E-state index is 0.320. The van der Waals surface area contributed by atoms with Crippen LogP contribution >= 0.6 is 15.9 Å². The maximum Gasteiger partial charge on any atom is 0.133 e. The van der Waals surface area contributed by atoms with Crippen molar-refractivity contribution in [2.75, 3.05) is 33.9 Å². The van der Waals surface area contributed by atoms with Gasteiger partial charge in [-0.05, 0) is 65.4 Å². The highest BCUT2D eigenvalue weighted by Gasteiger charge is 2.32. The lowest BCUT2D eigenvalue weighted by Crippen LogP contribution is -2.39. The third kappa shape index (κ3) is 3.71. The fraction of sp³-hybridized carbons (Fsp3) is 0.600. The second-order valence-electron chi connectivity index (χ2n) is 5.29. The first-order chi connectivity index (χ1) is 9.19. The summed E-state index contributed by atoms with van der Waals surface area (Å²) in [6.45, 7) is 2.79. The van der Waals surface area contributed by atoms with Crippen LogP contribution in [0.25, 0.3) is 0 Å². The van der Waals surface area contributed by atoms with Crippen LogP contribution in [0.2, 0.25) is 0 Å². The van der Waals surface area contributed by atoms with E-state index in [9.17, 15) is 0 Å². The highest BCUT2D eigenvalue weighted by atomic mass is 79.9. The van der Waals surface area contributed by atoms with E-state index >= 15 is 0 Å². The maximum atomic E-state index is 5.51. The molecule has 0 bridgehead atoms. The van der Waals surface area contributed by atoms with Gasteiger partial charge in [0.15, 0.2) is 0 Å². The largest absolute Gasteiger partial charge is 0.496 e. The lowest BCUT2D eigenvalue weighted by molar-refractivity contribution is 0.0158. The molecule has 19 heavy (non-hydrogen) atoms. The van der Waals surface area contributed by atoms with Crippen LogP contribution in [-0.2, 0) is 11.2 Å². The molecule has 1 heterocycles. The number of nitrogens with one attached hydrogen (secondary N) is 1. The normalized spacial score (nSPS) is 18.3. The molecule has 3 nitrogen and oxygen atoms in total. The van der Waals surface area contributed by atoms with Gasteiger partial charge in [0, 0.05) is 19.8 Å². The minimum absolute atomic E-state index is 0.320. The van der Waals surface area contributed by atoms with Crippen LogP contribution in [0.4, 0.5) is 0 Å². The molecule has 1 N–H and O–H groups in total. The molecule has 1 aromatic rings. The van der Waals surface area contributed by atoms with E-state index in [0.29, 0.717) is 5.41 Å². The lowest BCUT2D eigenvalue weighted by Gasteiger charge is -2.37. The van der Waals surface area contributed by atoms with Gasteiger partial charge in [0.05, 0.1) is 11.6 Å². The fourth-order valence-corrected chi connectivity index (χ4v) is 3.44. The summed E-state index contributed by atoms with van der Waals surface area (Å²) < 4.78 is 11.8. The third-order valence-corrected chi connectivity index (χ3v) is 4.52. The van der Waals surface area contributed by atoms with Crippen LogP contribution in [-0.4, -0.2) is 33.9 Å². The van der Waals surface area contributed by atoms with Crippen molar-refractivity contribution in [1.82, 2.24) is 5.32 Å².